The number of hydrogen-bond acceptors (Lipinski definition) is 2. The van der Waals surface area contributed by atoms with Gasteiger partial charge in [-0.1, -0.05) is 24.3 Å². The summed E-state index contributed by atoms with van der Waals surface area (Å²) >= 11 is 0. The van der Waals surface area contributed by atoms with Gasteiger partial charge in [0.15, 0.2) is 0 Å². The molecule has 2 rings (SSSR count). The third kappa shape index (κ3) is 2.66. The minimum absolute atomic E-state index is 0.536. The third-order valence-corrected chi connectivity index (χ3v) is 3.04. The van der Waals surface area contributed by atoms with Crippen LogP contribution in [0.1, 0.15) is 29.9 Å². The van der Waals surface area contributed by atoms with Gasteiger partial charge in [0.25, 0.3) is 0 Å². The van der Waals surface area contributed by atoms with Gasteiger partial charge >= 0.3 is 0 Å². The monoisotopic (exact) mass is 203 g/mol. The molecule has 80 valence electrons. The zero-order chi connectivity index (χ0) is 10.5. The number of rotatable bonds is 3. The number of nitrogens with one attached hydrogen (secondary N) is 1. The average molecular weight is 203 g/mol. The number of hydrogen-bond donors (Lipinski definition) is 1. The van der Waals surface area contributed by atoms with E-state index in [4.69, 9.17) is 0 Å². The lowest BCUT2D eigenvalue weighted by molar-refractivity contribution is -0.107. The number of piperidine rings is 1. The van der Waals surface area contributed by atoms with Crippen molar-refractivity contribution in [1.82, 2.24) is 5.32 Å². The second-order valence-corrected chi connectivity index (χ2v) is 4.16. The Bertz CT molecular complexity index is 329. The van der Waals surface area contributed by atoms with Gasteiger partial charge in [0.05, 0.1) is 0 Å². The molecule has 1 aliphatic heterocycles. The molecule has 2 nitrogen and oxygen atoms in total. The maximum absolute atomic E-state index is 10.4. The van der Waals surface area contributed by atoms with Gasteiger partial charge in [-0.25, -0.2) is 0 Å². The van der Waals surface area contributed by atoms with Crippen LogP contribution >= 0.6 is 0 Å². The second-order valence-electron chi connectivity index (χ2n) is 4.16. The standard InChI is InChI=1S/C13H17NO/c15-8-6-11-3-1-4-12(9-11)13-5-2-7-14-10-13/h1,3-4,8-9,13-14H,2,5-7,10H2. The molecule has 0 aromatic heterocycles. The number of aldehydes is 1. The van der Waals surface area contributed by atoms with Gasteiger partial charge in [0, 0.05) is 13.0 Å². The van der Waals surface area contributed by atoms with Crippen LogP contribution in [0.25, 0.3) is 0 Å². The number of benzene rings is 1. The molecule has 1 aromatic rings. The van der Waals surface area contributed by atoms with E-state index in [1.165, 1.54) is 18.4 Å². The Kier molecular flexibility index (Phi) is 3.51. The van der Waals surface area contributed by atoms with Crippen LogP contribution < -0.4 is 5.32 Å². The topological polar surface area (TPSA) is 29.1 Å². The van der Waals surface area contributed by atoms with Crippen LogP contribution in [0.2, 0.25) is 0 Å². The quantitative estimate of drug-likeness (QED) is 0.760. The van der Waals surface area contributed by atoms with Crippen molar-refractivity contribution in [1.29, 1.82) is 0 Å². The average Bonchev–Trinajstić information content (AvgIpc) is 2.31. The Morgan fingerprint density at radius 2 is 2.40 bits per heavy atom. The van der Waals surface area contributed by atoms with Gasteiger partial charge in [0.2, 0.25) is 0 Å². The minimum Gasteiger partial charge on any atom is -0.316 e. The summed E-state index contributed by atoms with van der Waals surface area (Å²) < 4.78 is 0. The van der Waals surface area contributed by atoms with Crippen molar-refractivity contribution < 1.29 is 4.79 Å². The summed E-state index contributed by atoms with van der Waals surface area (Å²) in [7, 11) is 0. The van der Waals surface area contributed by atoms with Crippen LogP contribution in [0.4, 0.5) is 0 Å². The van der Waals surface area contributed by atoms with Crippen molar-refractivity contribution >= 4 is 6.29 Å². The zero-order valence-corrected chi connectivity index (χ0v) is 8.91. The first-order valence-corrected chi connectivity index (χ1v) is 5.63. The molecular formula is C13H17NO. The fourth-order valence-corrected chi connectivity index (χ4v) is 2.21. The lowest BCUT2D eigenvalue weighted by atomic mass is 9.90. The maximum atomic E-state index is 10.4. The summed E-state index contributed by atoms with van der Waals surface area (Å²) in [6.07, 6.45) is 4.02. The third-order valence-electron chi connectivity index (χ3n) is 3.04. The van der Waals surface area contributed by atoms with Gasteiger partial charge in [0.1, 0.15) is 6.29 Å². The molecule has 1 fully saturated rings. The molecule has 0 bridgehead atoms. The van der Waals surface area contributed by atoms with Crippen LogP contribution in [0.3, 0.4) is 0 Å². The molecule has 0 aliphatic carbocycles. The van der Waals surface area contributed by atoms with Crippen molar-refractivity contribution in [2.24, 2.45) is 0 Å². The maximum Gasteiger partial charge on any atom is 0.124 e. The fraction of sp³-hybridized carbons (Fsp3) is 0.462. The predicted molar refractivity (Wildman–Crippen MR) is 61.1 cm³/mol. The van der Waals surface area contributed by atoms with E-state index in [-0.39, 0.29) is 0 Å². The summed E-state index contributed by atoms with van der Waals surface area (Å²) in [5, 5.41) is 3.42. The van der Waals surface area contributed by atoms with Gasteiger partial charge in [-0.3, -0.25) is 0 Å². The first-order valence-electron chi connectivity index (χ1n) is 5.63. The highest BCUT2D eigenvalue weighted by molar-refractivity contribution is 5.55. The Morgan fingerprint density at radius 1 is 1.47 bits per heavy atom. The minimum atomic E-state index is 0.536. The molecule has 1 N–H and O–H groups in total. The van der Waals surface area contributed by atoms with E-state index in [1.54, 1.807) is 0 Å². The normalized spacial score (nSPS) is 21.2. The van der Waals surface area contributed by atoms with E-state index in [0.717, 1.165) is 24.9 Å². The molecule has 0 saturated carbocycles. The first-order chi connectivity index (χ1) is 7.40. The van der Waals surface area contributed by atoms with Gasteiger partial charge in [-0.15, -0.1) is 0 Å². The van der Waals surface area contributed by atoms with Crippen molar-refractivity contribution in [3.05, 3.63) is 35.4 Å². The molecule has 0 radical (unpaired) electrons. The van der Waals surface area contributed by atoms with Crippen LogP contribution in [0.5, 0.6) is 0 Å². The van der Waals surface area contributed by atoms with Crippen molar-refractivity contribution in [3.8, 4) is 0 Å². The van der Waals surface area contributed by atoms with E-state index < -0.39 is 0 Å². The zero-order valence-electron chi connectivity index (χ0n) is 8.91. The highest BCUT2D eigenvalue weighted by atomic mass is 16.1. The summed E-state index contributed by atoms with van der Waals surface area (Å²) in [4.78, 5) is 10.4. The van der Waals surface area contributed by atoms with Crippen molar-refractivity contribution in [2.75, 3.05) is 13.1 Å². The van der Waals surface area contributed by atoms with Gasteiger partial charge in [-0.2, -0.15) is 0 Å². The molecule has 1 atom stereocenters. The number of carbonyl (C=O) groups excluding carboxylic acids is 1. The highest BCUT2D eigenvalue weighted by Gasteiger charge is 2.14. The molecule has 15 heavy (non-hydrogen) atoms. The summed E-state index contributed by atoms with van der Waals surface area (Å²) in [6.45, 7) is 2.22. The largest absolute Gasteiger partial charge is 0.316 e. The molecular weight excluding hydrogens is 186 g/mol. The molecule has 1 aliphatic rings. The lowest BCUT2D eigenvalue weighted by Crippen LogP contribution is -2.28. The van der Waals surface area contributed by atoms with Crippen LogP contribution in [0, 0.1) is 0 Å². The Labute approximate surface area is 90.7 Å². The lowest BCUT2D eigenvalue weighted by Gasteiger charge is -2.23. The van der Waals surface area contributed by atoms with Gasteiger partial charge < -0.3 is 10.1 Å². The number of carbonyl (C=O) groups is 1. The smallest absolute Gasteiger partial charge is 0.124 e. The summed E-state index contributed by atoms with van der Waals surface area (Å²) in [6, 6.07) is 8.43. The predicted octanol–water partition coefficient (Wildman–Crippen LogP) is 1.90. The van der Waals surface area contributed by atoms with E-state index in [9.17, 15) is 4.79 Å². The van der Waals surface area contributed by atoms with Crippen LogP contribution in [-0.2, 0) is 11.2 Å². The molecule has 0 amide bonds. The molecule has 1 aromatic carbocycles. The SMILES string of the molecule is O=CCc1cccc(C2CCCNC2)c1. The Balaban J connectivity index is 2.12. The second kappa shape index (κ2) is 5.08. The van der Waals surface area contributed by atoms with E-state index >= 15 is 0 Å². The van der Waals surface area contributed by atoms with Crippen molar-refractivity contribution in [2.45, 2.75) is 25.2 Å². The van der Waals surface area contributed by atoms with E-state index in [1.807, 2.05) is 6.07 Å². The summed E-state index contributed by atoms with van der Waals surface area (Å²) in [5.74, 6) is 0.630. The Morgan fingerprint density at radius 3 is 3.13 bits per heavy atom. The first kappa shape index (κ1) is 10.4. The van der Waals surface area contributed by atoms with Crippen molar-refractivity contribution in [3.63, 3.8) is 0 Å². The molecule has 1 saturated heterocycles. The van der Waals surface area contributed by atoms with E-state index in [2.05, 4.69) is 23.5 Å². The van der Waals surface area contributed by atoms with Crippen LogP contribution in [-0.4, -0.2) is 19.4 Å². The molecule has 2 heteroatoms. The molecule has 0 spiro atoms. The van der Waals surface area contributed by atoms with Gasteiger partial charge in [-0.05, 0) is 36.4 Å². The molecule has 1 unspecified atom stereocenters. The summed E-state index contributed by atoms with van der Waals surface area (Å²) in [5.41, 5.74) is 2.51. The van der Waals surface area contributed by atoms with Crippen LogP contribution in [0.15, 0.2) is 24.3 Å². The fourth-order valence-electron chi connectivity index (χ4n) is 2.21. The molecule has 1 heterocycles. The highest BCUT2D eigenvalue weighted by Crippen LogP contribution is 2.23. The Hall–Kier alpha value is -1.15. The van der Waals surface area contributed by atoms with E-state index in [0.29, 0.717) is 12.3 Å².